The molecule has 0 unspecified atom stereocenters. The average Bonchev–Trinajstić information content (AvgIpc) is 2.40. The molecule has 5 heteroatoms. The number of aliphatic carboxylic acids is 1. The number of carboxylic acids is 1. The Balaban J connectivity index is 1.74. The molecule has 1 saturated heterocycles. The number of aryl methyl sites for hydroxylation is 1. The molecule has 0 atom stereocenters. The lowest BCUT2D eigenvalue weighted by Gasteiger charge is -2.34. The lowest BCUT2D eigenvalue weighted by atomic mass is 10.2. The zero-order chi connectivity index (χ0) is 13.7. The minimum absolute atomic E-state index is 0.236. The van der Waals surface area contributed by atoms with Crippen LogP contribution in [0.4, 0.5) is 0 Å². The molecule has 19 heavy (non-hydrogen) atoms. The van der Waals surface area contributed by atoms with Gasteiger partial charge in [0.2, 0.25) is 0 Å². The van der Waals surface area contributed by atoms with Crippen LogP contribution in [0, 0.1) is 6.92 Å². The van der Waals surface area contributed by atoms with Gasteiger partial charge in [-0.3, -0.25) is 14.7 Å². The minimum Gasteiger partial charge on any atom is -0.481 e. The monoisotopic (exact) mass is 263 g/mol. The van der Waals surface area contributed by atoms with Crippen LogP contribution in [0.5, 0.6) is 0 Å². The van der Waals surface area contributed by atoms with Gasteiger partial charge in [-0.1, -0.05) is 6.07 Å². The molecule has 0 spiro atoms. The standard InChI is InChI=1S/C14H21N3O2/c1-12-2-3-13(15-10-12)11-17-8-6-16(7-9-17)5-4-14(18)19/h2-3,10H,4-9,11H2,1H3,(H,18,19). The Bertz CT molecular complexity index is 411. The van der Waals surface area contributed by atoms with Gasteiger partial charge in [-0.2, -0.15) is 0 Å². The molecule has 2 heterocycles. The first-order valence-electron chi connectivity index (χ1n) is 6.71. The Morgan fingerprint density at radius 2 is 1.95 bits per heavy atom. The van der Waals surface area contributed by atoms with Crippen molar-refractivity contribution in [2.24, 2.45) is 0 Å². The largest absolute Gasteiger partial charge is 0.481 e. The highest BCUT2D eigenvalue weighted by atomic mass is 16.4. The highest BCUT2D eigenvalue weighted by Crippen LogP contribution is 2.07. The molecule has 1 N–H and O–H groups in total. The molecule has 0 aromatic carbocycles. The van der Waals surface area contributed by atoms with Gasteiger partial charge >= 0.3 is 5.97 Å². The molecule has 0 saturated carbocycles. The molecule has 0 amide bonds. The molecule has 1 aromatic rings. The summed E-state index contributed by atoms with van der Waals surface area (Å²) in [6, 6.07) is 4.16. The van der Waals surface area contributed by atoms with E-state index in [1.165, 1.54) is 5.56 Å². The summed E-state index contributed by atoms with van der Waals surface area (Å²) < 4.78 is 0. The Labute approximate surface area is 113 Å². The number of hydrogen-bond acceptors (Lipinski definition) is 4. The van der Waals surface area contributed by atoms with E-state index in [1.54, 1.807) is 0 Å². The van der Waals surface area contributed by atoms with Crippen molar-refractivity contribution in [2.75, 3.05) is 32.7 Å². The van der Waals surface area contributed by atoms with Crippen molar-refractivity contribution < 1.29 is 9.90 Å². The quantitative estimate of drug-likeness (QED) is 0.858. The maximum absolute atomic E-state index is 10.5. The number of nitrogens with zero attached hydrogens (tertiary/aromatic N) is 3. The predicted octanol–water partition coefficient (Wildman–Crippen LogP) is 0.982. The van der Waals surface area contributed by atoms with Crippen LogP contribution >= 0.6 is 0 Å². The first kappa shape index (κ1) is 14.0. The van der Waals surface area contributed by atoms with Gasteiger partial charge in [0.25, 0.3) is 0 Å². The van der Waals surface area contributed by atoms with Gasteiger partial charge in [0.05, 0.1) is 12.1 Å². The third kappa shape index (κ3) is 4.61. The van der Waals surface area contributed by atoms with Crippen LogP contribution in [-0.2, 0) is 11.3 Å². The maximum atomic E-state index is 10.5. The van der Waals surface area contributed by atoms with E-state index in [4.69, 9.17) is 5.11 Å². The van der Waals surface area contributed by atoms with Crippen molar-refractivity contribution in [2.45, 2.75) is 19.9 Å². The van der Waals surface area contributed by atoms with Crippen LogP contribution in [0.15, 0.2) is 18.3 Å². The third-order valence-corrected chi connectivity index (χ3v) is 3.47. The molecule has 0 bridgehead atoms. The van der Waals surface area contributed by atoms with Gasteiger partial charge in [-0.15, -0.1) is 0 Å². The second-order valence-electron chi connectivity index (χ2n) is 5.09. The topological polar surface area (TPSA) is 56.7 Å². The zero-order valence-corrected chi connectivity index (χ0v) is 11.4. The van der Waals surface area contributed by atoms with Crippen LogP contribution in [0.25, 0.3) is 0 Å². The van der Waals surface area contributed by atoms with Crippen molar-refractivity contribution >= 4 is 5.97 Å². The fraction of sp³-hybridized carbons (Fsp3) is 0.571. The lowest BCUT2D eigenvalue weighted by Crippen LogP contribution is -2.46. The Kier molecular flexibility index (Phi) is 4.87. The summed E-state index contributed by atoms with van der Waals surface area (Å²) in [7, 11) is 0. The highest BCUT2D eigenvalue weighted by molar-refractivity contribution is 5.66. The molecule has 0 aliphatic carbocycles. The van der Waals surface area contributed by atoms with E-state index in [2.05, 4.69) is 26.9 Å². The van der Waals surface area contributed by atoms with E-state index in [1.807, 2.05) is 13.1 Å². The van der Waals surface area contributed by atoms with Gasteiger partial charge in [-0.25, -0.2) is 0 Å². The van der Waals surface area contributed by atoms with Crippen molar-refractivity contribution in [3.05, 3.63) is 29.6 Å². The van der Waals surface area contributed by atoms with Crippen LogP contribution in [0.3, 0.4) is 0 Å². The van der Waals surface area contributed by atoms with E-state index in [-0.39, 0.29) is 6.42 Å². The molecule has 5 nitrogen and oxygen atoms in total. The number of hydrogen-bond donors (Lipinski definition) is 1. The first-order chi connectivity index (χ1) is 9.13. The van der Waals surface area contributed by atoms with Gasteiger partial charge in [0.1, 0.15) is 0 Å². The number of carboxylic acid groups (broad SMARTS) is 1. The summed E-state index contributed by atoms with van der Waals surface area (Å²) in [4.78, 5) is 19.5. The van der Waals surface area contributed by atoms with E-state index in [0.717, 1.165) is 38.4 Å². The van der Waals surface area contributed by atoms with E-state index in [0.29, 0.717) is 6.54 Å². The smallest absolute Gasteiger partial charge is 0.304 e. The second-order valence-corrected chi connectivity index (χ2v) is 5.09. The van der Waals surface area contributed by atoms with Crippen LogP contribution < -0.4 is 0 Å². The van der Waals surface area contributed by atoms with Crippen LogP contribution in [0.1, 0.15) is 17.7 Å². The second kappa shape index (κ2) is 6.63. The average molecular weight is 263 g/mol. The molecule has 104 valence electrons. The Morgan fingerprint density at radius 1 is 1.26 bits per heavy atom. The molecule has 2 rings (SSSR count). The van der Waals surface area contributed by atoms with Crippen molar-refractivity contribution in [3.63, 3.8) is 0 Å². The summed E-state index contributed by atoms with van der Waals surface area (Å²) in [5.74, 6) is -0.716. The summed E-state index contributed by atoms with van der Waals surface area (Å²) >= 11 is 0. The summed E-state index contributed by atoms with van der Waals surface area (Å²) in [5, 5.41) is 8.67. The number of piperazine rings is 1. The molecule has 1 fully saturated rings. The highest BCUT2D eigenvalue weighted by Gasteiger charge is 2.17. The molecule has 1 aliphatic heterocycles. The Morgan fingerprint density at radius 3 is 2.53 bits per heavy atom. The van der Waals surface area contributed by atoms with Crippen LogP contribution in [-0.4, -0.2) is 58.6 Å². The number of rotatable bonds is 5. The fourth-order valence-electron chi connectivity index (χ4n) is 2.25. The molecule has 1 aromatic heterocycles. The lowest BCUT2D eigenvalue weighted by molar-refractivity contribution is -0.137. The van der Waals surface area contributed by atoms with Crippen LogP contribution in [0.2, 0.25) is 0 Å². The summed E-state index contributed by atoms with van der Waals surface area (Å²) in [5.41, 5.74) is 2.28. The molecular weight excluding hydrogens is 242 g/mol. The van der Waals surface area contributed by atoms with Crippen molar-refractivity contribution in [3.8, 4) is 0 Å². The van der Waals surface area contributed by atoms with Gasteiger partial charge in [0.15, 0.2) is 0 Å². The summed E-state index contributed by atoms with van der Waals surface area (Å²) in [6.45, 7) is 7.43. The SMILES string of the molecule is Cc1ccc(CN2CCN(CCC(=O)O)CC2)nc1. The zero-order valence-electron chi connectivity index (χ0n) is 11.4. The molecule has 0 radical (unpaired) electrons. The van der Waals surface area contributed by atoms with Gasteiger partial charge < -0.3 is 10.0 Å². The van der Waals surface area contributed by atoms with Gasteiger partial charge in [0, 0.05) is 45.5 Å². The molecular formula is C14H21N3O2. The van der Waals surface area contributed by atoms with E-state index >= 15 is 0 Å². The first-order valence-corrected chi connectivity index (χ1v) is 6.71. The molecule has 1 aliphatic rings. The van der Waals surface area contributed by atoms with E-state index in [9.17, 15) is 4.79 Å². The van der Waals surface area contributed by atoms with Crippen molar-refractivity contribution in [1.82, 2.24) is 14.8 Å². The minimum atomic E-state index is -0.716. The van der Waals surface area contributed by atoms with Gasteiger partial charge in [-0.05, 0) is 18.6 Å². The third-order valence-electron chi connectivity index (χ3n) is 3.47. The normalized spacial score (nSPS) is 17.5. The van der Waals surface area contributed by atoms with Crippen molar-refractivity contribution in [1.29, 1.82) is 0 Å². The number of carbonyl (C=O) groups is 1. The number of aromatic nitrogens is 1. The number of pyridine rings is 1. The van der Waals surface area contributed by atoms with E-state index < -0.39 is 5.97 Å². The Hall–Kier alpha value is -1.46. The predicted molar refractivity (Wildman–Crippen MR) is 72.9 cm³/mol. The summed E-state index contributed by atoms with van der Waals surface area (Å²) in [6.07, 6.45) is 2.14. The fourth-order valence-corrected chi connectivity index (χ4v) is 2.25. The maximum Gasteiger partial charge on any atom is 0.304 e.